The van der Waals surface area contributed by atoms with Crippen LogP contribution in [0.3, 0.4) is 0 Å². The van der Waals surface area contributed by atoms with Gasteiger partial charge in [-0.3, -0.25) is 9.69 Å². The summed E-state index contributed by atoms with van der Waals surface area (Å²) in [7, 11) is 0. The van der Waals surface area contributed by atoms with Crippen molar-refractivity contribution in [3.8, 4) is 0 Å². The zero-order chi connectivity index (χ0) is 26.9. The molecule has 7 heteroatoms. The molecule has 4 atom stereocenters. The lowest BCUT2D eigenvalue weighted by atomic mass is 10.00. The molecular formula is C31H33ClN2O4. The summed E-state index contributed by atoms with van der Waals surface area (Å²) in [5, 5.41) is 20.8. The summed E-state index contributed by atoms with van der Waals surface area (Å²) in [4.78, 5) is 28.8. The Labute approximate surface area is 228 Å². The highest BCUT2D eigenvalue weighted by molar-refractivity contribution is 6.21. The van der Waals surface area contributed by atoms with Gasteiger partial charge in [-0.05, 0) is 29.5 Å². The lowest BCUT2D eigenvalue weighted by Gasteiger charge is -2.36. The number of carboxylic acids is 1. The highest BCUT2D eigenvalue weighted by Crippen LogP contribution is 2.26. The van der Waals surface area contributed by atoms with Crippen LogP contribution in [0.25, 0.3) is 6.08 Å². The maximum Gasteiger partial charge on any atom is 0.326 e. The van der Waals surface area contributed by atoms with Crippen LogP contribution in [0, 0.1) is 0 Å². The highest BCUT2D eigenvalue weighted by atomic mass is 35.5. The molecule has 2 N–H and O–H groups in total. The number of amides is 1. The number of carbonyl (C=O) groups excluding carboxylic acids is 1. The van der Waals surface area contributed by atoms with E-state index in [9.17, 15) is 19.8 Å². The topological polar surface area (TPSA) is 81.1 Å². The van der Waals surface area contributed by atoms with E-state index in [0.717, 1.165) is 16.7 Å². The molecule has 1 heterocycles. The molecule has 0 unspecified atom stereocenters. The Bertz CT molecular complexity index is 1160. The molecule has 0 radical (unpaired) electrons. The summed E-state index contributed by atoms with van der Waals surface area (Å²) < 4.78 is 0. The fourth-order valence-corrected chi connectivity index (χ4v) is 5.23. The first-order valence-electron chi connectivity index (χ1n) is 12.8. The van der Waals surface area contributed by atoms with Crippen LogP contribution in [0.2, 0.25) is 0 Å². The van der Waals surface area contributed by atoms with Crippen LogP contribution in [0.5, 0.6) is 0 Å². The van der Waals surface area contributed by atoms with E-state index >= 15 is 0 Å². The van der Waals surface area contributed by atoms with Gasteiger partial charge in [0.2, 0.25) is 0 Å². The molecule has 0 aromatic heterocycles. The number of carboxylic acid groups (broad SMARTS) is 1. The van der Waals surface area contributed by atoms with Crippen LogP contribution in [0.1, 0.15) is 29.5 Å². The Morgan fingerprint density at radius 2 is 1.45 bits per heavy atom. The van der Waals surface area contributed by atoms with Gasteiger partial charge in [-0.15, -0.1) is 11.6 Å². The molecule has 1 aliphatic heterocycles. The van der Waals surface area contributed by atoms with Crippen molar-refractivity contribution < 1.29 is 19.8 Å². The first kappa shape index (κ1) is 27.6. The van der Waals surface area contributed by atoms with Crippen LogP contribution < -0.4 is 0 Å². The van der Waals surface area contributed by atoms with E-state index < -0.39 is 35.4 Å². The number of halogens is 1. The summed E-state index contributed by atoms with van der Waals surface area (Å²) in [5.74, 6) is -1.72. The Morgan fingerprint density at radius 3 is 1.97 bits per heavy atom. The van der Waals surface area contributed by atoms with Gasteiger partial charge < -0.3 is 15.1 Å². The van der Waals surface area contributed by atoms with Crippen molar-refractivity contribution in [3.05, 3.63) is 114 Å². The molecule has 1 amide bonds. The molecule has 0 bridgehead atoms. The fraction of sp³-hybridized carbons (Fsp3) is 0.290. The smallest absolute Gasteiger partial charge is 0.326 e. The first-order valence-corrected chi connectivity index (χ1v) is 13.2. The number of hydrogen-bond acceptors (Lipinski definition) is 4. The van der Waals surface area contributed by atoms with Gasteiger partial charge in [-0.1, -0.05) is 103 Å². The molecule has 38 heavy (non-hydrogen) atoms. The van der Waals surface area contributed by atoms with Gasteiger partial charge in [-0.2, -0.15) is 0 Å². The molecule has 4 rings (SSSR count). The second-order valence-corrected chi connectivity index (χ2v) is 10.2. The Kier molecular flexibility index (Phi) is 9.71. The zero-order valence-corrected chi connectivity index (χ0v) is 21.9. The van der Waals surface area contributed by atoms with E-state index in [1.165, 1.54) is 4.90 Å². The number of aliphatic hydroxyl groups is 1. The molecule has 1 aliphatic rings. The van der Waals surface area contributed by atoms with Gasteiger partial charge >= 0.3 is 5.97 Å². The molecule has 198 valence electrons. The fourth-order valence-electron chi connectivity index (χ4n) is 4.91. The van der Waals surface area contributed by atoms with Gasteiger partial charge in [0.05, 0.1) is 5.38 Å². The van der Waals surface area contributed by atoms with E-state index in [4.69, 9.17) is 11.6 Å². The van der Waals surface area contributed by atoms with E-state index in [1.807, 2.05) is 103 Å². The lowest BCUT2D eigenvalue weighted by Crippen LogP contribution is -2.53. The quantitative estimate of drug-likeness (QED) is 0.346. The predicted molar refractivity (Wildman–Crippen MR) is 149 cm³/mol. The monoisotopic (exact) mass is 532 g/mol. The highest BCUT2D eigenvalue weighted by Gasteiger charge is 2.43. The molecule has 0 spiro atoms. The van der Waals surface area contributed by atoms with E-state index in [1.54, 1.807) is 0 Å². The van der Waals surface area contributed by atoms with Crippen molar-refractivity contribution in [2.45, 2.75) is 49.5 Å². The Hall–Kier alpha value is -3.45. The summed E-state index contributed by atoms with van der Waals surface area (Å²) in [6.45, 7) is 1.10. The number of carbonyl (C=O) groups is 2. The Balaban J connectivity index is 1.66. The van der Waals surface area contributed by atoms with Crippen molar-refractivity contribution in [2.75, 3.05) is 6.54 Å². The van der Waals surface area contributed by atoms with Crippen LogP contribution >= 0.6 is 11.6 Å². The number of aliphatic carboxylic acids is 1. The molecule has 6 nitrogen and oxygen atoms in total. The normalized spacial score (nSPS) is 19.1. The minimum atomic E-state index is -1.44. The molecule has 1 fully saturated rings. The van der Waals surface area contributed by atoms with Crippen molar-refractivity contribution >= 4 is 29.6 Å². The predicted octanol–water partition coefficient (Wildman–Crippen LogP) is 4.81. The number of aliphatic hydroxyl groups excluding tert-OH is 1. The maximum atomic E-state index is 13.6. The summed E-state index contributed by atoms with van der Waals surface area (Å²) >= 11 is 6.24. The summed E-state index contributed by atoms with van der Waals surface area (Å²) in [6.07, 6.45) is 3.04. The lowest BCUT2D eigenvalue weighted by molar-refractivity contribution is -0.154. The first-order chi connectivity index (χ1) is 18.4. The largest absolute Gasteiger partial charge is 0.480 e. The van der Waals surface area contributed by atoms with E-state index in [-0.39, 0.29) is 13.0 Å². The van der Waals surface area contributed by atoms with Crippen LogP contribution in [0.15, 0.2) is 97.1 Å². The Morgan fingerprint density at radius 1 is 0.921 bits per heavy atom. The van der Waals surface area contributed by atoms with E-state index in [0.29, 0.717) is 19.5 Å². The number of benzene rings is 3. The third-order valence-corrected chi connectivity index (χ3v) is 7.17. The third-order valence-electron chi connectivity index (χ3n) is 6.85. The van der Waals surface area contributed by atoms with Crippen molar-refractivity contribution in [3.63, 3.8) is 0 Å². The van der Waals surface area contributed by atoms with Gasteiger partial charge in [0.25, 0.3) is 5.91 Å². The standard InChI is InChI=1S/C31H33ClN2O4/c32-26-19-28(31(37)38)34(22-26)30(36)29(35)27(18-10-17-23-11-4-1-5-12-23)33(20-24-13-6-2-7-14-24)21-25-15-8-3-9-16-25/h1-17,26-29,35H,18-22H2,(H,37,38)/t26-,27-,28-,29-/m0/s1. The second-order valence-electron chi connectivity index (χ2n) is 9.61. The molecule has 1 saturated heterocycles. The zero-order valence-electron chi connectivity index (χ0n) is 21.1. The molecule has 0 aliphatic carbocycles. The number of alkyl halides is 1. The summed E-state index contributed by atoms with van der Waals surface area (Å²) in [5.41, 5.74) is 3.11. The van der Waals surface area contributed by atoms with Gasteiger partial charge in [0, 0.05) is 25.7 Å². The number of nitrogens with zero attached hydrogens (tertiary/aromatic N) is 2. The van der Waals surface area contributed by atoms with Gasteiger partial charge in [0.1, 0.15) is 12.1 Å². The SMILES string of the molecule is O=C(O)[C@@H]1C[C@H](Cl)CN1C(=O)[C@@H](O)[C@H](CC=Cc1ccccc1)N(Cc1ccccc1)Cc1ccccc1. The van der Waals surface area contributed by atoms with Gasteiger partial charge in [-0.25, -0.2) is 4.79 Å². The minimum absolute atomic E-state index is 0.0956. The number of likely N-dealkylation sites (tertiary alicyclic amines) is 1. The average molecular weight is 533 g/mol. The van der Waals surface area contributed by atoms with Crippen LogP contribution in [-0.4, -0.2) is 62.0 Å². The van der Waals surface area contributed by atoms with Crippen molar-refractivity contribution in [2.24, 2.45) is 0 Å². The minimum Gasteiger partial charge on any atom is -0.480 e. The van der Waals surface area contributed by atoms with Gasteiger partial charge in [0.15, 0.2) is 0 Å². The number of rotatable bonds is 11. The van der Waals surface area contributed by atoms with Crippen LogP contribution in [0.4, 0.5) is 0 Å². The second kappa shape index (κ2) is 13.4. The average Bonchev–Trinajstić information content (AvgIpc) is 3.34. The van der Waals surface area contributed by atoms with E-state index in [2.05, 4.69) is 4.90 Å². The molecule has 3 aromatic rings. The third kappa shape index (κ3) is 7.32. The van der Waals surface area contributed by atoms with Crippen molar-refractivity contribution in [1.29, 1.82) is 0 Å². The summed E-state index contributed by atoms with van der Waals surface area (Å²) in [6, 6.07) is 28.0. The molecule has 0 saturated carbocycles. The van der Waals surface area contributed by atoms with Crippen molar-refractivity contribution in [1.82, 2.24) is 9.80 Å². The van der Waals surface area contributed by atoms with Crippen LogP contribution in [-0.2, 0) is 22.7 Å². The number of hydrogen-bond donors (Lipinski definition) is 2. The molecular weight excluding hydrogens is 500 g/mol. The maximum absolute atomic E-state index is 13.6. The molecule has 3 aromatic carbocycles.